The van der Waals surface area contributed by atoms with Crippen molar-refractivity contribution in [1.82, 2.24) is 4.90 Å². The van der Waals surface area contributed by atoms with E-state index in [0.29, 0.717) is 10.9 Å². The van der Waals surface area contributed by atoms with E-state index in [-0.39, 0.29) is 5.91 Å². The predicted octanol–water partition coefficient (Wildman–Crippen LogP) is -0.579. The molecule has 2 N–H and O–H groups in total. The molecule has 1 aliphatic rings. The maximum absolute atomic E-state index is 10.7. The first-order valence-corrected chi connectivity index (χ1v) is 3.41. The zero-order chi connectivity index (χ0) is 6.85. The molecule has 1 heterocycles. The van der Waals surface area contributed by atoms with Gasteiger partial charge in [0.2, 0.25) is 5.91 Å². The second-order valence-corrected chi connectivity index (χ2v) is 2.60. The third-order valence-electron chi connectivity index (χ3n) is 1.10. The highest BCUT2D eigenvalue weighted by Gasteiger charge is 2.23. The number of amides is 1. The van der Waals surface area contributed by atoms with Crippen LogP contribution in [0.5, 0.6) is 0 Å². The number of hydrazone groups is 1. The van der Waals surface area contributed by atoms with Crippen LogP contribution in [0.15, 0.2) is 5.10 Å². The van der Waals surface area contributed by atoms with Crippen LogP contribution in [0.2, 0.25) is 0 Å². The molecule has 9 heavy (non-hydrogen) atoms. The lowest BCUT2D eigenvalue weighted by Gasteiger charge is -2.04. The van der Waals surface area contributed by atoms with E-state index in [1.54, 1.807) is 7.05 Å². The van der Waals surface area contributed by atoms with Gasteiger partial charge in [-0.2, -0.15) is 5.10 Å². The predicted molar refractivity (Wildman–Crippen MR) is 36.9 cm³/mol. The molecule has 0 bridgehead atoms. The van der Waals surface area contributed by atoms with Crippen molar-refractivity contribution in [2.75, 3.05) is 12.8 Å². The minimum absolute atomic E-state index is 0.0594. The van der Waals surface area contributed by atoms with Gasteiger partial charge in [0.05, 0.1) is 5.75 Å². The Kier molecular flexibility index (Phi) is 1.61. The Labute approximate surface area is 57.1 Å². The Morgan fingerprint density at radius 1 is 1.89 bits per heavy atom. The summed E-state index contributed by atoms with van der Waals surface area (Å²) in [6.07, 6.45) is 0. The van der Waals surface area contributed by atoms with Gasteiger partial charge in [0, 0.05) is 7.05 Å². The number of nitrogens with two attached hydrogens (primary N) is 1. The Morgan fingerprint density at radius 3 is 2.78 bits per heavy atom. The third-order valence-corrected chi connectivity index (χ3v) is 2.12. The molecule has 1 saturated heterocycles. The molecule has 5 heteroatoms. The van der Waals surface area contributed by atoms with E-state index < -0.39 is 0 Å². The average molecular weight is 145 g/mol. The minimum atomic E-state index is 0.0594. The number of carbonyl (C=O) groups excluding carboxylic acids is 1. The van der Waals surface area contributed by atoms with Crippen LogP contribution >= 0.6 is 11.8 Å². The molecule has 0 unspecified atom stereocenters. The van der Waals surface area contributed by atoms with Crippen LogP contribution in [-0.2, 0) is 4.79 Å². The van der Waals surface area contributed by atoms with Crippen LogP contribution in [-0.4, -0.2) is 28.8 Å². The number of nitrogens with zero attached hydrogens (tertiary/aromatic N) is 2. The highest BCUT2D eigenvalue weighted by molar-refractivity contribution is 8.15. The van der Waals surface area contributed by atoms with E-state index in [1.165, 1.54) is 16.7 Å². The first-order valence-electron chi connectivity index (χ1n) is 2.43. The molecule has 4 nitrogen and oxygen atoms in total. The van der Waals surface area contributed by atoms with Crippen molar-refractivity contribution >= 4 is 22.8 Å². The lowest BCUT2D eigenvalue weighted by Crippen LogP contribution is -2.24. The number of carbonyl (C=O) groups is 1. The maximum Gasteiger partial charge on any atom is 0.238 e. The molecule has 1 aliphatic heterocycles. The van der Waals surface area contributed by atoms with Gasteiger partial charge in [-0.3, -0.25) is 9.69 Å². The lowest BCUT2D eigenvalue weighted by atomic mass is 10.6. The molecule has 0 atom stereocenters. The smallest absolute Gasteiger partial charge is 0.238 e. The van der Waals surface area contributed by atoms with Gasteiger partial charge < -0.3 is 5.84 Å². The van der Waals surface area contributed by atoms with Crippen LogP contribution in [0.25, 0.3) is 0 Å². The normalized spacial score (nSPS) is 23.9. The van der Waals surface area contributed by atoms with E-state index in [9.17, 15) is 4.79 Å². The summed E-state index contributed by atoms with van der Waals surface area (Å²) in [5.41, 5.74) is 0. The van der Waals surface area contributed by atoms with E-state index in [0.717, 1.165) is 0 Å². The highest BCUT2D eigenvalue weighted by atomic mass is 32.2. The molecule has 0 aromatic rings. The third kappa shape index (κ3) is 0.999. The van der Waals surface area contributed by atoms with Crippen LogP contribution in [0.4, 0.5) is 0 Å². The summed E-state index contributed by atoms with van der Waals surface area (Å²) in [5, 5.41) is 4.00. The largest absolute Gasteiger partial charge is 0.321 e. The van der Waals surface area contributed by atoms with Crippen molar-refractivity contribution in [3.63, 3.8) is 0 Å². The van der Waals surface area contributed by atoms with Crippen molar-refractivity contribution in [2.24, 2.45) is 10.9 Å². The number of rotatable bonds is 0. The molecule has 0 saturated carbocycles. The summed E-state index contributed by atoms with van der Waals surface area (Å²) in [6.45, 7) is 0. The maximum atomic E-state index is 10.7. The first kappa shape index (κ1) is 6.41. The minimum Gasteiger partial charge on any atom is -0.321 e. The molecule has 0 spiro atoms. The first-order chi connectivity index (χ1) is 4.25. The molecule has 0 aromatic heterocycles. The van der Waals surface area contributed by atoms with Gasteiger partial charge in [0.15, 0.2) is 5.17 Å². The van der Waals surface area contributed by atoms with E-state index in [4.69, 9.17) is 5.84 Å². The Hall–Kier alpha value is -0.710. The SMILES string of the molecule is CN1C(=O)CSC1=NN. The van der Waals surface area contributed by atoms with Crippen molar-refractivity contribution in [1.29, 1.82) is 0 Å². The van der Waals surface area contributed by atoms with Gasteiger partial charge in [-0.25, -0.2) is 0 Å². The molecular formula is C4H7N3OS. The summed E-state index contributed by atoms with van der Waals surface area (Å²) >= 11 is 1.36. The molecule has 0 radical (unpaired) electrons. The highest BCUT2D eigenvalue weighted by Crippen LogP contribution is 2.15. The molecule has 1 rings (SSSR count). The number of thioether (sulfide) groups is 1. The molecule has 0 aliphatic carbocycles. The van der Waals surface area contributed by atoms with Gasteiger partial charge in [0.25, 0.3) is 0 Å². The van der Waals surface area contributed by atoms with Crippen molar-refractivity contribution in [3.05, 3.63) is 0 Å². The molecule has 0 aromatic carbocycles. The standard InChI is InChI=1S/C4H7N3OS/c1-7-3(8)2-9-4(7)6-5/h2,5H2,1H3. The fraction of sp³-hybridized carbons (Fsp3) is 0.500. The van der Waals surface area contributed by atoms with Gasteiger partial charge in [-0.05, 0) is 0 Å². The van der Waals surface area contributed by atoms with Crippen LogP contribution in [0, 0.1) is 0 Å². The van der Waals surface area contributed by atoms with Gasteiger partial charge >= 0.3 is 0 Å². The van der Waals surface area contributed by atoms with E-state index in [1.807, 2.05) is 0 Å². The Balaban J connectivity index is 2.73. The summed E-state index contributed by atoms with van der Waals surface area (Å²) < 4.78 is 0. The zero-order valence-corrected chi connectivity index (χ0v) is 5.81. The van der Waals surface area contributed by atoms with Crippen molar-refractivity contribution in [3.8, 4) is 0 Å². The monoisotopic (exact) mass is 145 g/mol. The summed E-state index contributed by atoms with van der Waals surface area (Å²) in [5.74, 6) is 5.48. The van der Waals surface area contributed by atoms with E-state index >= 15 is 0 Å². The lowest BCUT2D eigenvalue weighted by molar-refractivity contribution is -0.123. The second kappa shape index (κ2) is 2.26. The second-order valence-electron chi connectivity index (χ2n) is 1.65. The molecule has 1 amide bonds. The zero-order valence-electron chi connectivity index (χ0n) is 5.00. The van der Waals surface area contributed by atoms with Crippen molar-refractivity contribution < 1.29 is 4.79 Å². The summed E-state index contributed by atoms with van der Waals surface area (Å²) in [4.78, 5) is 12.2. The van der Waals surface area contributed by atoms with Gasteiger partial charge in [-0.15, -0.1) is 0 Å². The average Bonchev–Trinajstić information content (AvgIpc) is 2.15. The number of hydrogen-bond acceptors (Lipinski definition) is 4. The van der Waals surface area contributed by atoms with Crippen LogP contribution in [0.3, 0.4) is 0 Å². The van der Waals surface area contributed by atoms with Gasteiger partial charge in [0.1, 0.15) is 0 Å². The topological polar surface area (TPSA) is 58.7 Å². The van der Waals surface area contributed by atoms with Gasteiger partial charge in [-0.1, -0.05) is 11.8 Å². The summed E-state index contributed by atoms with van der Waals surface area (Å²) in [6, 6.07) is 0. The Bertz CT molecular complexity index is 167. The summed E-state index contributed by atoms with van der Waals surface area (Å²) in [7, 11) is 1.66. The quantitative estimate of drug-likeness (QED) is 0.366. The number of amidine groups is 1. The molecule has 50 valence electrons. The van der Waals surface area contributed by atoms with Crippen LogP contribution < -0.4 is 5.84 Å². The molecule has 1 fully saturated rings. The fourth-order valence-electron chi connectivity index (χ4n) is 0.550. The molecular weight excluding hydrogens is 138 g/mol. The Morgan fingerprint density at radius 2 is 2.56 bits per heavy atom. The fourth-order valence-corrected chi connectivity index (χ4v) is 1.37. The van der Waals surface area contributed by atoms with Crippen molar-refractivity contribution in [2.45, 2.75) is 0 Å². The van der Waals surface area contributed by atoms with Crippen LogP contribution in [0.1, 0.15) is 0 Å². The number of hydrogen-bond donors (Lipinski definition) is 1. The van der Waals surface area contributed by atoms with E-state index in [2.05, 4.69) is 5.10 Å².